The lowest BCUT2D eigenvalue weighted by Gasteiger charge is -2.14. The number of anilines is 1. The molecule has 1 aromatic heterocycles. The van der Waals surface area contributed by atoms with E-state index < -0.39 is 0 Å². The highest BCUT2D eigenvalue weighted by Gasteiger charge is 2.19. The second-order valence-electron chi connectivity index (χ2n) is 5.56. The Morgan fingerprint density at radius 2 is 1.74 bits per heavy atom. The number of nitrogens with one attached hydrogen (secondary N) is 1. The highest BCUT2D eigenvalue weighted by atomic mass is 32.1. The van der Waals surface area contributed by atoms with Crippen LogP contribution in [0.5, 0.6) is 5.75 Å². The maximum atomic E-state index is 12.5. The summed E-state index contributed by atoms with van der Waals surface area (Å²) in [7, 11) is 1.55. The SMILES string of the molecule is CC.CC.COc1ccc(C(C)=O)c(NC(=O)c2nc(C(C)C)cs2)c1C. The number of nitrogens with zero attached hydrogens (tertiary/aromatic N) is 1. The summed E-state index contributed by atoms with van der Waals surface area (Å²) in [5.74, 6) is 0.445. The minimum absolute atomic E-state index is 0.118. The number of rotatable bonds is 5. The van der Waals surface area contributed by atoms with Crippen LogP contribution in [0.15, 0.2) is 17.5 Å². The van der Waals surface area contributed by atoms with Crippen LogP contribution in [0.25, 0.3) is 0 Å². The second kappa shape index (κ2) is 12.2. The van der Waals surface area contributed by atoms with Gasteiger partial charge in [0.05, 0.1) is 18.5 Å². The van der Waals surface area contributed by atoms with Crippen molar-refractivity contribution in [3.05, 3.63) is 39.3 Å². The molecule has 0 saturated carbocycles. The van der Waals surface area contributed by atoms with Crippen molar-refractivity contribution >= 4 is 28.7 Å². The van der Waals surface area contributed by atoms with E-state index in [1.807, 2.05) is 53.8 Å². The van der Waals surface area contributed by atoms with E-state index in [1.165, 1.54) is 18.3 Å². The maximum absolute atomic E-state index is 12.5. The molecule has 2 rings (SSSR count). The molecule has 1 heterocycles. The van der Waals surface area contributed by atoms with Crippen LogP contribution in [-0.2, 0) is 0 Å². The Hall–Kier alpha value is -2.21. The molecule has 0 fully saturated rings. The van der Waals surface area contributed by atoms with Crippen LogP contribution in [0.3, 0.4) is 0 Å². The zero-order valence-electron chi connectivity index (χ0n) is 17.9. The van der Waals surface area contributed by atoms with E-state index in [1.54, 1.807) is 19.2 Å². The minimum Gasteiger partial charge on any atom is -0.496 e. The maximum Gasteiger partial charge on any atom is 0.284 e. The highest BCUT2D eigenvalue weighted by Crippen LogP contribution is 2.30. The molecule has 150 valence electrons. The molecule has 0 radical (unpaired) electrons. The summed E-state index contributed by atoms with van der Waals surface area (Å²) in [6, 6.07) is 3.38. The number of aromatic nitrogens is 1. The molecule has 0 unspecified atom stereocenters. The molecule has 1 amide bonds. The normalized spacial score (nSPS) is 9.56. The van der Waals surface area contributed by atoms with Gasteiger partial charge in [-0.2, -0.15) is 0 Å². The summed E-state index contributed by atoms with van der Waals surface area (Å²) in [5, 5.41) is 5.07. The third-order valence-electron chi connectivity index (χ3n) is 3.56. The predicted octanol–water partition coefficient (Wildman–Crippen LogP) is 6.09. The zero-order valence-corrected chi connectivity index (χ0v) is 18.7. The molecule has 5 nitrogen and oxygen atoms in total. The number of carbonyl (C=O) groups is 2. The third-order valence-corrected chi connectivity index (χ3v) is 4.42. The Morgan fingerprint density at radius 1 is 1.15 bits per heavy atom. The van der Waals surface area contributed by atoms with Gasteiger partial charge in [-0.3, -0.25) is 9.59 Å². The first-order valence-corrected chi connectivity index (χ1v) is 10.2. The van der Waals surface area contributed by atoms with E-state index in [4.69, 9.17) is 4.74 Å². The van der Waals surface area contributed by atoms with E-state index in [0.717, 1.165) is 5.69 Å². The minimum atomic E-state index is -0.319. The van der Waals surface area contributed by atoms with Gasteiger partial charge in [0, 0.05) is 16.5 Å². The van der Waals surface area contributed by atoms with E-state index in [9.17, 15) is 9.59 Å². The fourth-order valence-electron chi connectivity index (χ4n) is 2.19. The number of benzene rings is 1. The molecule has 6 heteroatoms. The molecule has 0 spiro atoms. The highest BCUT2D eigenvalue weighted by molar-refractivity contribution is 7.11. The van der Waals surface area contributed by atoms with Crippen LogP contribution in [0.2, 0.25) is 0 Å². The Bertz CT molecular complexity index is 752. The Balaban J connectivity index is 0.00000158. The number of hydrogen-bond acceptors (Lipinski definition) is 5. The van der Waals surface area contributed by atoms with Crippen molar-refractivity contribution in [3.8, 4) is 5.75 Å². The van der Waals surface area contributed by atoms with Crippen LogP contribution in [0.1, 0.15) is 85.8 Å². The Labute approximate surface area is 167 Å². The molecule has 0 atom stereocenters. The second-order valence-corrected chi connectivity index (χ2v) is 6.42. The molecular formula is C21H32N2O3S. The van der Waals surface area contributed by atoms with E-state index in [2.05, 4.69) is 10.3 Å². The fourth-order valence-corrected chi connectivity index (χ4v) is 3.06. The average molecular weight is 393 g/mol. The van der Waals surface area contributed by atoms with E-state index in [0.29, 0.717) is 27.6 Å². The van der Waals surface area contributed by atoms with Gasteiger partial charge >= 0.3 is 0 Å². The molecule has 0 aliphatic carbocycles. The standard InChI is InChI=1S/C17H20N2O3S.2C2H6/c1-9(2)13-8-23-17(18-13)16(21)19-15-10(3)14(22-5)7-6-12(15)11(4)20;2*1-2/h6-9H,1-5H3,(H,19,21);2*1-2H3. The number of Topliss-reactive ketones (excluding diaryl/α,β-unsaturated/α-hetero) is 1. The largest absolute Gasteiger partial charge is 0.496 e. The van der Waals surface area contributed by atoms with Gasteiger partial charge in [-0.15, -0.1) is 11.3 Å². The van der Waals surface area contributed by atoms with E-state index in [-0.39, 0.29) is 17.6 Å². The molecule has 0 aliphatic heterocycles. The van der Waals surface area contributed by atoms with Crippen molar-refractivity contribution < 1.29 is 14.3 Å². The van der Waals surface area contributed by atoms with Crippen LogP contribution in [0, 0.1) is 6.92 Å². The van der Waals surface area contributed by atoms with Crippen molar-refractivity contribution in [2.45, 2.75) is 61.3 Å². The van der Waals surface area contributed by atoms with Crippen molar-refractivity contribution in [1.29, 1.82) is 0 Å². The summed E-state index contributed by atoms with van der Waals surface area (Å²) < 4.78 is 5.27. The summed E-state index contributed by atoms with van der Waals surface area (Å²) in [5.41, 5.74) is 2.53. The smallest absolute Gasteiger partial charge is 0.284 e. The van der Waals surface area contributed by atoms with Crippen molar-refractivity contribution in [1.82, 2.24) is 4.98 Å². The van der Waals surface area contributed by atoms with E-state index >= 15 is 0 Å². The zero-order chi connectivity index (χ0) is 21.1. The number of methoxy groups -OCH3 is 1. The van der Waals surface area contributed by atoms with Crippen molar-refractivity contribution in [2.24, 2.45) is 0 Å². The lowest BCUT2D eigenvalue weighted by Crippen LogP contribution is -2.16. The van der Waals surface area contributed by atoms with Gasteiger partial charge in [-0.25, -0.2) is 4.98 Å². The van der Waals surface area contributed by atoms with Crippen molar-refractivity contribution in [2.75, 3.05) is 12.4 Å². The van der Waals surface area contributed by atoms with Gasteiger partial charge in [-0.1, -0.05) is 41.5 Å². The quantitative estimate of drug-likeness (QED) is 0.625. The molecule has 1 N–H and O–H groups in total. The Kier molecular flexibility index (Phi) is 11.2. The summed E-state index contributed by atoms with van der Waals surface area (Å²) >= 11 is 1.30. The Morgan fingerprint density at radius 3 is 2.19 bits per heavy atom. The van der Waals surface area contributed by atoms with Gasteiger partial charge in [0.25, 0.3) is 5.91 Å². The van der Waals surface area contributed by atoms with Gasteiger partial charge < -0.3 is 10.1 Å². The molecule has 0 aliphatic rings. The predicted molar refractivity (Wildman–Crippen MR) is 115 cm³/mol. The topological polar surface area (TPSA) is 68.3 Å². The van der Waals surface area contributed by atoms with Crippen LogP contribution < -0.4 is 10.1 Å². The summed E-state index contributed by atoms with van der Waals surface area (Å²) in [4.78, 5) is 28.6. The molecule has 0 saturated heterocycles. The molecule has 1 aromatic carbocycles. The number of carbonyl (C=O) groups excluding carboxylic acids is 2. The van der Waals surface area contributed by atoms with Crippen molar-refractivity contribution in [3.63, 3.8) is 0 Å². The molecule has 2 aromatic rings. The van der Waals surface area contributed by atoms with Crippen LogP contribution >= 0.6 is 11.3 Å². The van der Waals surface area contributed by atoms with Crippen LogP contribution in [0.4, 0.5) is 5.69 Å². The number of thiazole rings is 1. The van der Waals surface area contributed by atoms with Gasteiger partial charge in [0.1, 0.15) is 5.75 Å². The molecule has 27 heavy (non-hydrogen) atoms. The third kappa shape index (κ3) is 6.47. The average Bonchev–Trinajstić information content (AvgIpc) is 3.17. The number of ketones is 1. The van der Waals surface area contributed by atoms with Gasteiger partial charge in [0.2, 0.25) is 0 Å². The summed E-state index contributed by atoms with van der Waals surface area (Å²) in [6.07, 6.45) is 0. The monoisotopic (exact) mass is 392 g/mol. The lowest BCUT2D eigenvalue weighted by molar-refractivity contribution is 0.101. The first-order valence-electron chi connectivity index (χ1n) is 9.30. The number of hydrogen-bond donors (Lipinski definition) is 1. The fraction of sp³-hybridized carbons (Fsp3) is 0.476. The molecule has 0 bridgehead atoms. The van der Waals surface area contributed by atoms with Gasteiger partial charge in [-0.05, 0) is 31.9 Å². The molecular weight excluding hydrogens is 360 g/mol. The number of ether oxygens (including phenoxy) is 1. The first-order chi connectivity index (χ1) is 12.8. The summed E-state index contributed by atoms with van der Waals surface area (Å²) in [6.45, 7) is 15.3. The number of amides is 1. The lowest BCUT2D eigenvalue weighted by atomic mass is 10.0. The van der Waals surface area contributed by atoms with Gasteiger partial charge in [0.15, 0.2) is 10.8 Å². The van der Waals surface area contributed by atoms with Crippen LogP contribution in [-0.4, -0.2) is 23.8 Å². The first kappa shape index (κ1) is 24.8.